The van der Waals surface area contributed by atoms with Crippen molar-refractivity contribution in [2.75, 3.05) is 7.11 Å². The highest BCUT2D eigenvalue weighted by atomic mass is 19.4. The van der Waals surface area contributed by atoms with E-state index in [9.17, 15) is 13.2 Å². The Morgan fingerprint density at radius 2 is 1.92 bits per heavy atom. The van der Waals surface area contributed by atoms with Crippen LogP contribution in [0.5, 0.6) is 0 Å². The van der Waals surface area contributed by atoms with Crippen molar-refractivity contribution in [1.82, 2.24) is 0 Å². The van der Waals surface area contributed by atoms with Crippen LogP contribution in [0.4, 0.5) is 13.2 Å². The zero-order valence-electron chi connectivity index (χ0n) is 6.61. The summed E-state index contributed by atoms with van der Waals surface area (Å²) in [7, 11) is 1.15. The third-order valence-corrected chi connectivity index (χ3v) is 1.13. The van der Waals surface area contributed by atoms with Gasteiger partial charge in [0, 0.05) is 0 Å². The van der Waals surface area contributed by atoms with E-state index >= 15 is 0 Å². The molecule has 0 spiro atoms. The third-order valence-electron chi connectivity index (χ3n) is 1.13. The van der Waals surface area contributed by atoms with E-state index in [4.69, 9.17) is 0 Å². The van der Waals surface area contributed by atoms with Gasteiger partial charge in [0.25, 0.3) is 0 Å². The van der Waals surface area contributed by atoms with Crippen LogP contribution in [0.15, 0.2) is 36.6 Å². The molecule has 0 aromatic heterocycles. The van der Waals surface area contributed by atoms with E-state index in [0.717, 1.165) is 13.2 Å². The molecule has 0 rings (SSSR count). The maximum atomic E-state index is 12.0. The van der Waals surface area contributed by atoms with E-state index in [1.807, 2.05) is 0 Å². The average Bonchev–Trinajstić information content (AvgIpc) is 1.97. The Kier molecular flexibility index (Phi) is 3.60. The average molecular weight is 178 g/mol. The van der Waals surface area contributed by atoms with Crippen LogP contribution in [-0.4, -0.2) is 13.3 Å². The zero-order chi connectivity index (χ0) is 9.78. The summed E-state index contributed by atoms with van der Waals surface area (Å²) < 4.78 is 40.3. The minimum absolute atomic E-state index is 0.322. The fraction of sp³-hybridized carbons (Fsp3) is 0.250. The molecule has 12 heavy (non-hydrogen) atoms. The first kappa shape index (κ1) is 10.8. The molecule has 0 radical (unpaired) electrons. The molecule has 68 valence electrons. The lowest BCUT2D eigenvalue weighted by atomic mass is 10.2. The van der Waals surface area contributed by atoms with Crippen LogP contribution in [0, 0.1) is 0 Å². The van der Waals surface area contributed by atoms with Crippen LogP contribution in [0.3, 0.4) is 0 Å². The lowest BCUT2D eigenvalue weighted by Crippen LogP contribution is -2.13. The van der Waals surface area contributed by atoms with Crippen LogP contribution >= 0.6 is 0 Å². The van der Waals surface area contributed by atoms with Gasteiger partial charge in [0.2, 0.25) is 0 Å². The molecule has 0 fully saturated rings. The molecule has 0 aliphatic heterocycles. The van der Waals surface area contributed by atoms with E-state index in [-0.39, 0.29) is 5.76 Å². The minimum Gasteiger partial charge on any atom is -0.496 e. The van der Waals surface area contributed by atoms with Crippen LogP contribution in [-0.2, 0) is 4.74 Å². The lowest BCUT2D eigenvalue weighted by molar-refractivity contribution is -0.0927. The highest BCUT2D eigenvalue weighted by molar-refractivity contribution is 5.29. The molecule has 0 N–H and O–H groups in total. The van der Waals surface area contributed by atoms with Crippen molar-refractivity contribution in [1.29, 1.82) is 0 Å². The van der Waals surface area contributed by atoms with Crippen molar-refractivity contribution < 1.29 is 17.9 Å². The van der Waals surface area contributed by atoms with Crippen molar-refractivity contribution in [3.05, 3.63) is 36.6 Å². The predicted octanol–water partition coefficient (Wildman–Crippen LogP) is 2.82. The van der Waals surface area contributed by atoms with Gasteiger partial charge in [-0.3, -0.25) is 0 Å². The topological polar surface area (TPSA) is 9.23 Å². The summed E-state index contributed by atoms with van der Waals surface area (Å²) in [5.74, 6) is -0.322. The lowest BCUT2D eigenvalue weighted by Gasteiger charge is -2.11. The highest BCUT2D eigenvalue weighted by Gasteiger charge is 2.34. The third kappa shape index (κ3) is 2.82. The summed E-state index contributed by atoms with van der Waals surface area (Å²) in [4.78, 5) is 0. The molecule has 0 bridgehead atoms. The van der Waals surface area contributed by atoms with E-state index < -0.39 is 11.7 Å². The van der Waals surface area contributed by atoms with Gasteiger partial charge < -0.3 is 4.74 Å². The number of ether oxygens (including phenoxy) is 1. The van der Waals surface area contributed by atoms with Gasteiger partial charge in [0.05, 0.1) is 12.7 Å². The number of hydrogen-bond acceptors (Lipinski definition) is 1. The normalized spacial score (nSPS) is 12.5. The fourth-order valence-electron chi connectivity index (χ4n) is 0.539. The molecule has 0 aromatic rings. The van der Waals surface area contributed by atoms with Crippen LogP contribution in [0.2, 0.25) is 0 Å². The van der Waals surface area contributed by atoms with Gasteiger partial charge in [-0.2, -0.15) is 13.2 Å². The second-order valence-electron chi connectivity index (χ2n) is 1.95. The van der Waals surface area contributed by atoms with Gasteiger partial charge in [-0.15, -0.1) is 0 Å². The Balaban J connectivity index is 4.66. The van der Waals surface area contributed by atoms with Crippen LogP contribution in [0.25, 0.3) is 0 Å². The van der Waals surface area contributed by atoms with Crippen molar-refractivity contribution in [3.8, 4) is 0 Å². The Bertz CT molecular complexity index is 213. The zero-order valence-corrected chi connectivity index (χ0v) is 6.61. The molecule has 1 nitrogen and oxygen atoms in total. The van der Waals surface area contributed by atoms with E-state index in [0.29, 0.717) is 0 Å². The molecule has 0 saturated carbocycles. The van der Waals surface area contributed by atoms with Gasteiger partial charge in [0.15, 0.2) is 0 Å². The second-order valence-corrected chi connectivity index (χ2v) is 1.95. The van der Waals surface area contributed by atoms with Gasteiger partial charge in [0.1, 0.15) is 5.76 Å². The van der Waals surface area contributed by atoms with Gasteiger partial charge in [-0.25, -0.2) is 0 Å². The first-order valence-electron chi connectivity index (χ1n) is 3.06. The predicted molar refractivity (Wildman–Crippen MR) is 40.5 cm³/mol. The minimum atomic E-state index is -4.45. The standard InChI is InChI=1S/C8H9F3O/c1-4-5-7(12-3)6(2)8(9,10)11/h4-5H,1-2H2,3H3/b7-5+. The molecule has 0 atom stereocenters. The summed E-state index contributed by atoms with van der Waals surface area (Å²) in [6, 6.07) is 0. The number of methoxy groups -OCH3 is 1. The second kappa shape index (κ2) is 3.99. The van der Waals surface area contributed by atoms with Crippen molar-refractivity contribution in [2.24, 2.45) is 0 Å². The Morgan fingerprint density at radius 1 is 1.42 bits per heavy atom. The SMILES string of the molecule is C=C/C=C(/OC)C(=C)C(F)(F)F. The van der Waals surface area contributed by atoms with E-state index in [1.54, 1.807) is 0 Å². The molecule has 0 aliphatic rings. The van der Waals surface area contributed by atoms with Crippen molar-refractivity contribution in [2.45, 2.75) is 6.18 Å². The number of allylic oxidation sites excluding steroid dienone is 3. The molecule has 0 aromatic carbocycles. The molecule has 0 heterocycles. The number of rotatable bonds is 3. The highest BCUT2D eigenvalue weighted by Crippen LogP contribution is 2.29. The van der Waals surface area contributed by atoms with Crippen molar-refractivity contribution >= 4 is 0 Å². The summed E-state index contributed by atoms with van der Waals surface area (Å²) in [6.07, 6.45) is -2.14. The van der Waals surface area contributed by atoms with Gasteiger partial charge in [-0.1, -0.05) is 19.2 Å². The summed E-state index contributed by atoms with van der Waals surface area (Å²) in [5, 5.41) is 0. The van der Waals surface area contributed by atoms with Crippen molar-refractivity contribution in [3.63, 3.8) is 0 Å². The van der Waals surface area contributed by atoms with Gasteiger partial charge >= 0.3 is 6.18 Å². The van der Waals surface area contributed by atoms with E-state index in [1.165, 1.54) is 6.08 Å². The quantitative estimate of drug-likeness (QED) is 0.477. The maximum absolute atomic E-state index is 12.0. The molecule has 0 unspecified atom stereocenters. The van der Waals surface area contributed by atoms with E-state index in [2.05, 4.69) is 17.9 Å². The Morgan fingerprint density at radius 3 is 2.17 bits per heavy atom. The van der Waals surface area contributed by atoms with Crippen LogP contribution < -0.4 is 0 Å². The maximum Gasteiger partial charge on any atom is 0.419 e. The summed E-state index contributed by atoms with van der Waals surface area (Å²) >= 11 is 0. The number of halogens is 3. The molecule has 0 saturated heterocycles. The first-order valence-corrected chi connectivity index (χ1v) is 3.06. The summed E-state index contributed by atoms with van der Waals surface area (Å²) in [5.41, 5.74) is -1.01. The Hall–Kier alpha value is -1.19. The summed E-state index contributed by atoms with van der Waals surface area (Å²) in [6.45, 7) is 6.10. The monoisotopic (exact) mass is 178 g/mol. The number of hydrogen-bond donors (Lipinski definition) is 0. The largest absolute Gasteiger partial charge is 0.496 e. The molecule has 0 amide bonds. The van der Waals surface area contributed by atoms with Crippen LogP contribution in [0.1, 0.15) is 0 Å². The molecule has 0 aliphatic carbocycles. The number of alkyl halides is 3. The fourth-order valence-corrected chi connectivity index (χ4v) is 0.539. The van der Waals surface area contributed by atoms with Gasteiger partial charge in [-0.05, 0) is 6.08 Å². The smallest absolute Gasteiger partial charge is 0.419 e. The molecule has 4 heteroatoms. The Labute approximate surface area is 68.8 Å². The molecular weight excluding hydrogens is 169 g/mol. The molecular formula is C8H9F3O. The first-order chi connectivity index (χ1) is 5.43.